The molecule has 1 N–H and O–H groups in total. The van der Waals surface area contributed by atoms with Gasteiger partial charge in [0.2, 0.25) is 0 Å². The molecule has 1 aromatic rings. The average molecular weight is 859 g/mol. The number of ether oxygens (including phenoxy) is 2. The van der Waals surface area contributed by atoms with E-state index in [4.69, 9.17) is 9.47 Å². The highest BCUT2D eigenvalue weighted by Crippen LogP contribution is 2.23. The Bertz CT molecular complexity index is 1340. The number of esters is 2. The van der Waals surface area contributed by atoms with Crippen LogP contribution in [-0.4, -0.2) is 38.1 Å². The van der Waals surface area contributed by atoms with Gasteiger partial charge in [-0.05, 0) is 76.3 Å². The number of benzene rings is 1. The van der Waals surface area contributed by atoms with Crippen LogP contribution in [0.2, 0.25) is 0 Å². The molecule has 0 aromatic heterocycles. The lowest BCUT2D eigenvalue weighted by molar-refractivity contribution is 0.0446. The maximum atomic E-state index is 13.1. The van der Waals surface area contributed by atoms with Crippen LogP contribution in [-0.2, 0) is 19.6 Å². The Morgan fingerprint density at radius 3 is 1.08 bits per heavy atom. The van der Waals surface area contributed by atoms with Crippen LogP contribution in [0.4, 0.5) is 0 Å². The van der Waals surface area contributed by atoms with Crippen molar-refractivity contribution >= 4 is 22.1 Å². The van der Waals surface area contributed by atoms with E-state index < -0.39 is 32.5 Å². The van der Waals surface area contributed by atoms with Gasteiger partial charge in [0.15, 0.2) is 0 Å². The van der Waals surface area contributed by atoms with E-state index in [1.165, 1.54) is 192 Å². The fourth-order valence-electron chi connectivity index (χ4n) is 7.72. The molecule has 346 valence electrons. The highest BCUT2D eigenvalue weighted by molar-refractivity contribution is 7.86. The Hall–Kier alpha value is -2.45. The smallest absolute Gasteiger partial charge is 0.340 e. The van der Waals surface area contributed by atoms with Crippen LogP contribution in [0.1, 0.15) is 266 Å². The molecule has 0 spiro atoms. The highest BCUT2D eigenvalue weighted by atomic mass is 32.2. The number of hydrogen-bond donors (Lipinski definition) is 1. The first-order valence-electron chi connectivity index (χ1n) is 25.1. The van der Waals surface area contributed by atoms with Crippen molar-refractivity contribution in [2.24, 2.45) is 0 Å². The van der Waals surface area contributed by atoms with Gasteiger partial charge in [0.1, 0.15) is 4.90 Å². The normalized spacial score (nSPS) is 11.9. The van der Waals surface area contributed by atoms with Crippen LogP contribution in [0.15, 0.2) is 47.4 Å². The zero-order chi connectivity index (χ0) is 43.6. The van der Waals surface area contributed by atoms with E-state index in [9.17, 15) is 22.6 Å². The lowest BCUT2D eigenvalue weighted by Gasteiger charge is -2.13. The van der Waals surface area contributed by atoms with Gasteiger partial charge in [-0.1, -0.05) is 211 Å². The van der Waals surface area contributed by atoms with Gasteiger partial charge < -0.3 is 9.47 Å². The molecule has 0 atom stereocenters. The first kappa shape index (κ1) is 55.6. The molecule has 0 saturated carbocycles. The summed E-state index contributed by atoms with van der Waals surface area (Å²) in [6, 6.07) is 3.77. The zero-order valence-electron chi connectivity index (χ0n) is 38.7. The van der Waals surface area contributed by atoms with Gasteiger partial charge in [-0.25, -0.2) is 9.59 Å². The Kier molecular flexibility index (Phi) is 37.6. The number of unbranched alkanes of at least 4 members (excludes halogenated alkanes) is 32. The molecule has 0 aliphatic carbocycles. The molecule has 0 unspecified atom stereocenters. The monoisotopic (exact) mass is 859 g/mol. The van der Waals surface area contributed by atoms with Crippen LogP contribution < -0.4 is 0 Å². The molecule has 8 heteroatoms. The average Bonchev–Trinajstić information content (AvgIpc) is 3.24. The summed E-state index contributed by atoms with van der Waals surface area (Å²) in [5.41, 5.74) is -0.671. The Balaban J connectivity index is 2.16. The zero-order valence-corrected chi connectivity index (χ0v) is 39.5. The van der Waals surface area contributed by atoms with Gasteiger partial charge in [-0.3, -0.25) is 4.55 Å². The Morgan fingerprint density at radius 1 is 0.450 bits per heavy atom. The largest absolute Gasteiger partial charge is 0.462 e. The van der Waals surface area contributed by atoms with E-state index >= 15 is 0 Å². The quantitative estimate of drug-likeness (QED) is 0.0302. The highest BCUT2D eigenvalue weighted by Gasteiger charge is 2.28. The van der Waals surface area contributed by atoms with Crippen molar-refractivity contribution in [2.75, 3.05) is 13.2 Å². The predicted octanol–water partition coefficient (Wildman–Crippen LogP) is 16.4. The number of rotatable bonds is 43. The van der Waals surface area contributed by atoms with Crippen molar-refractivity contribution < 1.29 is 32.0 Å². The van der Waals surface area contributed by atoms with E-state index in [0.29, 0.717) is 12.8 Å². The molecule has 1 aromatic carbocycles. The molecule has 0 heterocycles. The second-order valence-electron chi connectivity index (χ2n) is 17.1. The van der Waals surface area contributed by atoms with Crippen LogP contribution in [0, 0.1) is 0 Å². The number of allylic oxidation sites excluding steroid dienone is 4. The van der Waals surface area contributed by atoms with E-state index in [0.717, 1.165) is 44.6 Å². The molecule has 1 rings (SSSR count). The number of carbonyl (C=O) groups is 2. The van der Waals surface area contributed by atoms with Crippen LogP contribution >= 0.6 is 0 Å². The summed E-state index contributed by atoms with van der Waals surface area (Å²) in [5.74, 6) is -1.74. The summed E-state index contributed by atoms with van der Waals surface area (Å²) in [5, 5.41) is 0. The predicted molar refractivity (Wildman–Crippen MR) is 253 cm³/mol. The molecule has 0 aliphatic heterocycles. The van der Waals surface area contributed by atoms with Gasteiger partial charge in [0, 0.05) is 0 Å². The van der Waals surface area contributed by atoms with E-state index in [1.807, 2.05) is 0 Å². The molecular weight excluding hydrogens is 769 g/mol. The van der Waals surface area contributed by atoms with Crippen LogP contribution in [0.25, 0.3) is 0 Å². The molecule has 0 fully saturated rings. The third-order valence-electron chi connectivity index (χ3n) is 11.5. The van der Waals surface area contributed by atoms with Crippen molar-refractivity contribution in [3.05, 3.63) is 53.6 Å². The maximum Gasteiger partial charge on any atom is 0.340 e. The van der Waals surface area contributed by atoms with Crippen LogP contribution in [0.3, 0.4) is 0 Å². The third kappa shape index (κ3) is 32.3. The first-order valence-corrected chi connectivity index (χ1v) is 26.5. The second kappa shape index (κ2) is 40.6. The van der Waals surface area contributed by atoms with Gasteiger partial charge in [0.25, 0.3) is 10.1 Å². The number of hydrogen-bond acceptors (Lipinski definition) is 6. The van der Waals surface area contributed by atoms with Crippen molar-refractivity contribution in [1.82, 2.24) is 0 Å². The molecule has 0 aliphatic rings. The summed E-state index contributed by atoms with van der Waals surface area (Å²) in [7, 11) is -4.77. The number of carbonyl (C=O) groups excluding carboxylic acids is 2. The van der Waals surface area contributed by atoms with Crippen molar-refractivity contribution in [2.45, 2.75) is 250 Å². The summed E-state index contributed by atoms with van der Waals surface area (Å²) < 4.78 is 45.0. The summed E-state index contributed by atoms with van der Waals surface area (Å²) >= 11 is 0. The van der Waals surface area contributed by atoms with Gasteiger partial charge in [0.05, 0.1) is 24.3 Å². The molecule has 60 heavy (non-hydrogen) atoms. The Labute approximate surface area is 369 Å². The topological polar surface area (TPSA) is 107 Å². The minimum Gasteiger partial charge on any atom is -0.462 e. The molecule has 0 radical (unpaired) electrons. The van der Waals surface area contributed by atoms with Crippen LogP contribution in [0.5, 0.6) is 0 Å². The van der Waals surface area contributed by atoms with Gasteiger partial charge in [-0.15, -0.1) is 0 Å². The summed E-state index contributed by atoms with van der Waals surface area (Å²) in [6.45, 7) is 4.81. The summed E-state index contributed by atoms with van der Waals surface area (Å²) in [6.07, 6.45) is 53.4. The summed E-state index contributed by atoms with van der Waals surface area (Å²) in [4.78, 5) is 25.5. The molecule has 0 bridgehead atoms. The van der Waals surface area contributed by atoms with Gasteiger partial charge >= 0.3 is 11.9 Å². The molecule has 7 nitrogen and oxygen atoms in total. The minimum absolute atomic E-state index is 0.110. The van der Waals surface area contributed by atoms with E-state index in [2.05, 4.69) is 38.2 Å². The SMILES string of the molecule is CCCCCCC/C=C/CCCCCCCCCCCCCOC(=O)c1cccc(S(=O)(=O)O)c1C(=O)OCCCCCCCCCCCCC/C=C/CCCCCCC. The second-order valence-corrected chi connectivity index (χ2v) is 18.5. The van der Waals surface area contributed by atoms with E-state index in [-0.39, 0.29) is 18.8 Å². The fraction of sp³-hybridized carbons (Fsp3) is 0.769. The standard InChI is InChI=1S/C52H90O7S/c1-3-5-7-9-11-13-15-17-19-21-23-25-27-29-31-33-35-37-39-41-46-58-51(53)48-44-43-45-49(60(55,56)57)50(48)52(54)59-47-42-40-38-36-34-32-30-28-26-24-22-20-18-16-14-12-10-8-6-4-2/h15-18,43-45H,3-14,19-42,46-47H2,1-2H3,(H,55,56,57)/b17-15+,18-16+. The van der Waals surface area contributed by atoms with Crippen molar-refractivity contribution in [1.29, 1.82) is 0 Å². The molecular formula is C52H90O7S. The van der Waals surface area contributed by atoms with Gasteiger partial charge in [-0.2, -0.15) is 8.42 Å². The first-order chi connectivity index (χ1) is 29.3. The minimum atomic E-state index is -4.77. The molecule has 0 amide bonds. The molecule has 0 saturated heterocycles. The van der Waals surface area contributed by atoms with Crippen molar-refractivity contribution in [3.63, 3.8) is 0 Å². The van der Waals surface area contributed by atoms with E-state index in [1.54, 1.807) is 0 Å². The Morgan fingerprint density at radius 2 is 0.750 bits per heavy atom. The lowest BCUT2D eigenvalue weighted by Crippen LogP contribution is -2.19. The van der Waals surface area contributed by atoms with Crippen molar-refractivity contribution in [3.8, 4) is 0 Å². The fourth-order valence-corrected chi connectivity index (χ4v) is 8.42. The maximum absolute atomic E-state index is 13.1. The lowest BCUT2D eigenvalue weighted by atomic mass is 10.0. The third-order valence-corrected chi connectivity index (χ3v) is 12.4.